The molecule has 6 nitrogen and oxygen atoms in total. The molecule has 0 saturated heterocycles. The maximum Gasteiger partial charge on any atom is 0.423 e. The molecule has 2 aromatic carbocycles. The van der Waals surface area contributed by atoms with Crippen LogP contribution in [-0.4, -0.2) is 26.3 Å². The summed E-state index contributed by atoms with van der Waals surface area (Å²) in [5, 5.41) is 18.0. The van der Waals surface area contributed by atoms with Gasteiger partial charge in [0.25, 0.3) is 0 Å². The number of nitrogens with zero attached hydrogens (tertiary/aromatic N) is 3. The lowest BCUT2D eigenvalue weighted by atomic mass is 9.96. The van der Waals surface area contributed by atoms with Gasteiger partial charge in [0.1, 0.15) is 11.3 Å². The molecule has 4 rings (SSSR count). The van der Waals surface area contributed by atoms with Gasteiger partial charge in [0, 0.05) is 11.5 Å². The molecular formula is C22H18F3N3O3. The number of alkyl halides is 3. The highest BCUT2D eigenvalue weighted by molar-refractivity contribution is 5.93. The van der Waals surface area contributed by atoms with Crippen LogP contribution in [0.25, 0.3) is 22.1 Å². The third-order valence-electron chi connectivity index (χ3n) is 5.18. The van der Waals surface area contributed by atoms with Crippen LogP contribution in [0.3, 0.4) is 0 Å². The van der Waals surface area contributed by atoms with Gasteiger partial charge in [0.05, 0.1) is 12.7 Å². The molecule has 4 aromatic rings. The first-order valence-corrected chi connectivity index (χ1v) is 9.53. The van der Waals surface area contributed by atoms with Crippen LogP contribution in [0.2, 0.25) is 0 Å². The summed E-state index contributed by atoms with van der Waals surface area (Å²) in [6, 6.07) is 16.0. The standard InChI is InChI=1S/C22H18F3N3O3/c1-2-21(30,22(23,24)25)19-13-28(27-26-19)12-14-8-9-16-17(15-6-4-3-5-7-15)11-20(29)31-18(16)10-14/h3-11,13,30H,2,12H2,1H3/t21-/m0/s1. The average molecular weight is 429 g/mol. The second kappa shape index (κ2) is 7.66. The zero-order chi connectivity index (χ0) is 22.2. The number of rotatable bonds is 5. The number of hydrogen-bond donors (Lipinski definition) is 1. The minimum absolute atomic E-state index is 0.0832. The first-order chi connectivity index (χ1) is 14.7. The van der Waals surface area contributed by atoms with Crippen LogP contribution in [0.15, 0.2) is 70.0 Å². The van der Waals surface area contributed by atoms with E-state index in [9.17, 15) is 23.1 Å². The number of aliphatic hydroxyl groups is 1. The van der Waals surface area contributed by atoms with Crippen LogP contribution in [0.1, 0.15) is 24.6 Å². The minimum atomic E-state index is -4.87. The Bertz CT molecular complexity index is 1280. The Hall–Kier alpha value is -3.46. The lowest BCUT2D eigenvalue weighted by molar-refractivity contribution is -0.269. The molecule has 0 radical (unpaired) electrons. The lowest BCUT2D eigenvalue weighted by Crippen LogP contribution is -2.42. The molecule has 2 heterocycles. The quantitative estimate of drug-likeness (QED) is 0.480. The van der Waals surface area contributed by atoms with Gasteiger partial charge in [-0.25, -0.2) is 9.48 Å². The Morgan fingerprint density at radius 3 is 2.52 bits per heavy atom. The van der Waals surface area contributed by atoms with Gasteiger partial charge < -0.3 is 9.52 Å². The molecule has 0 aliphatic rings. The molecule has 0 aliphatic heterocycles. The monoisotopic (exact) mass is 429 g/mol. The number of aromatic nitrogens is 3. The van der Waals surface area contributed by atoms with Crippen molar-refractivity contribution in [3.63, 3.8) is 0 Å². The van der Waals surface area contributed by atoms with E-state index in [1.54, 1.807) is 18.2 Å². The fourth-order valence-corrected chi connectivity index (χ4v) is 3.44. The van der Waals surface area contributed by atoms with E-state index in [0.29, 0.717) is 11.1 Å². The Labute approximate surface area is 174 Å². The molecule has 1 atom stereocenters. The van der Waals surface area contributed by atoms with Gasteiger partial charge in [-0.1, -0.05) is 54.6 Å². The number of benzene rings is 2. The van der Waals surface area contributed by atoms with Gasteiger partial charge in [0.15, 0.2) is 0 Å². The summed E-state index contributed by atoms with van der Waals surface area (Å²) >= 11 is 0. The van der Waals surface area contributed by atoms with Crippen molar-refractivity contribution in [2.24, 2.45) is 0 Å². The second-order valence-corrected chi connectivity index (χ2v) is 7.19. The highest BCUT2D eigenvalue weighted by atomic mass is 19.4. The summed E-state index contributed by atoms with van der Waals surface area (Å²) < 4.78 is 46.3. The molecule has 160 valence electrons. The SMILES string of the molecule is CC[C@](O)(c1cn(Cc2ccc3c(-c4ccccc4)cc(=O)oc3c2)nn1)C(F)(F)F. The molecule has 1 N–H and O–H groups in total. The predicted octanol–water partition coefficient (Wildman–Crippen LogP) is 4.26. The van der Waals surface area contributed by atoms with Gasteiger partial charge >= 0.3 is 11.8 Å². The molecule has 9 heteroatoms. The van der Waals surface area contributed by atoms with Crippen molar-refractivity contribution in [3.8, 4) is 11.1 Å². The largest absolute Gasteiger partial charge is 0.423 e. The van der Waals surface area contributed by atoms with E-state index in [1.807, 2.05) is 30.3 Å². The molecule has 0 amide bonds. The highest BCUT2D eigenvalue weighted by Gasteiger charge is 2.55. The van der Waals surface area contributed by atoms with Crippen molar-refractivity contribution in [2.45, 2.75) is 31.7 Å². The van der Waals surface area contributed by atoms with E-state index in [0.717, 1.165) is 22.7 Å². The Balaban J connectivity index is 1.68. The topological polar surface area (TPSA) is 81.2 Å². The summed E-state index contributed by atoms with van der Waals surface area (Å²) in [6.07, 6.45) is -4.39. The van der Waals surface area contributed by atoms with Crippen molar-refractivity contribution in [2.75, 3.05) is 0 Å². The Morgan fingerprint density at radius 1 is 1.10 bits per heavy atom. The van der Waals surface area contributed by atoms with Gasteiger partial charge in [-0.3, -0.25) is 0 Å². The van der Waals surface area contributed by atoms with Crippen LogP contribution in [0, 0.1) is 0 Å². The second-order valence-electron chi connectivity index (χ2n) is 7.19. The van der Waals surface area contributed by atoms with Crippen LogP contribution >= 0.6 is 0 Å². The van der Waals surface area contributed by atoms with Crippen LogP contribution in [0.5, 0.6) is 0 Å². The van der Waals surface area contributed by atoms with E-state index in [1.165, 1.54) is 17.7 Å². The van der Waals surface area contributed by atoms with Crippen molar-refractivity contribution in [1.82, 2.24) is 15.0 Å². The maximum absolute atomic E-state index is 13.2. The van der Waals surface area contributed by atoms with Gasteiger partial charge in [-0.2, -0.15) is 13.2 Å². The fraction of sp³-hybridized carbons (Fsp3) is 0.227. The van der Waals surface area contributed by atoms with Crippen LogP contribution in [-0.2, 0) is 12.1 Å². The molecule has 0 fully saturated rings. The van der Waals surface area contributed by atoms with Gasteiger partial charge in [-0.15, -0.1) is 5.10 Å². The zero-order valence-corrected chi connectivity index (χ0v) is 16.4. The van der Waals surface area contributed by atoms with Gasteiger partial charge in [0.2, 0.25) is 5.60 Å². The first-order valence-electron chi connectivity index (χ1n) is 9.53. The minimum Gasteiger partial charge on any atom is -0.423 e. The number of hydrogen-bond acceptors (Lipinski definition) is 5. The number of fused-ring (bicyclic) bond motifs is 1. The third kappa shape index (κ3) is 3.84. The number of halogens is 3. The van der Waals surface area contributed by atoms with Crippen molar-refractivity contribution in [3.05, 3.63) is 82.5 Å². The Kier molecular flexibility index (Phi) is 5.14. The van der Waals surface area contributed by atoms with Crippen molar-refractivity contribution < 1.29 is 22.7 Å². The normalized spacial score (nSPS) is 14.0. The average Bonchev–Trinajstić information content (AvgIpc) is 3.21. The van der Waals surface area contributed by atoms with Crippen molar-refractivity contribution in [1.29, 1.82) is 0 Å². The molecule has 0 bridgehead atoms. The highest BCUT2D eigenvalue weighted by Crippen LogP contribution is 2.40. The maximum atomic E-state index is 13.2. The molecule has 0 unspecified atom stereocenters. The van der Waals surface area contributed by atoms with E-state index in [2.05, 4.69) is 10.3 Å². The first kappa shape index (κ1) is 20.8. The molecular weight excluding hydrogens is 411 g/mol. The summed E-state index contributed by atoms with van der Waals surface area (Å²) in [4.78, 5) is 12.1. The van der Waals surface area contributed by atoms with Crippen molar-refractivity contribution >= 4 is 11.0 Å². The smallest absolute Gasteiger partial charge is 0.423 e. The van der Waals surface area contributed by atoms with E-state index in [4.69, 9.17) is 4.42 Å². The van der Waals surface area contributed by atoms with E-state index < -0.39 is 29.5 Å². The zero-order valence-electron chi connectivity index (χ0n) is 16.4. The Morgan fingerprint density at radius 2 is 1.84 bits per heavy atom. The molecule has 31 heavy (non-hydrogen) atoms. The molecule has 2 aromatic heterocycles. The summed E-state index contributed by atoms with van der Waals surface area (Å²) in [6.45, 7) is 1.31. The molecule has 0 spiro atoms. The van der Waals surface area contributed by atoms with Gasteiger partial charge in [-0.05, 0) is 29.2 Å². The van der Waals surface area contributed by atoms with E-state index in [-0.39, 0.29) is 6.54 Å². The summed E-state index contributed by atoms with van der Waals surface area (Å²) in [5.74, 6) is 0. The van der Waals surface area contributed by atoms with Crippen LogP contribution < -0.4 is 5.63 Å². The third-order valence-corrected chi connectivity index (χ3v) is 5.18. The fourth-order valence-electron chi connectivity index (χ4n) is 3.44. The lowest BCUT2D eigenvalue weighted by Gasteiger charge is -2.26. The van der Waals surface area contributed by atoms with Crippen LogP contribution in [0.4, 0.5) is 13.2 Å². The van der Waals surface area contributed by atoms with E-state index >= 15 is 0 Å². The predicted molar refractivity (Wildman–Crippen MR) is 107 cm³/mol. The summed E-state index contributed by atoms with van der Waals surface area (Å²) in [7, 11) is 0. The molecule has 0 saturated carbocycles. The summed E-state index contributed by atoms with van der Waals surface area (Å²) in [5.41, 5.74) is -1.56. The molecule has 0 aliphatic carbocycles.